The van der Waals surface area contributed by atoms with Crippen LogP contribution in [0.3, 0.4) is 0 Å². The highest BCUT2D eigenvalue weighted by Crippen LogP contribution is 2.33. The minimum atomic E-state index is -3.81. The van der Waals surface area contributed by atoms with Gasteiger partial charge in [0.05, 0.1) is 20.6 Å². The number of nitrogens with zero attached hydrogens (tertiary/aromatic N) is 1. The van der Waals surface area contributed by atoms with Gasteiger partial charge < -0.3 is 4.90 Å². The Morgan fingerprint density at radius 1 is 1.12 bits per heavy atom. The predicted octanol–water partition coefficient (Wildman–Crippen LogP) is 3.70. The van der Waals surface area contributed by atoms with Crippen LogP contribution in [0, 0.1) is 0 Å². The van der Waals surface area contributed by atoms with Crippen LogP contribution in [-0.2, 0) is 21.2 Å². The van der Waals surface area contributed by atoms with E-state index in [1.807, 2.05) is 0 Å². The van der Waals surface area contributed by atoms with Gasteiger partial charge in [0, 0.05) is 19.2 Å². The second-order valence-electron chi connectivity index (χ2n) is 5.45. The fourth-order valence-corrected chi connectivity index (χ4v) is 4.11. The molecular weight excluding hydrogens is 371 g/mol. The van der Waals surface area contributed by atoms with Gasteiger partial charge in [0.2, 0.25) is 5.91 Å². The lowest BCUT2D eigenvalue weighted by atomic mass is 10.0. The van der Waals surface area contributed by atoms with E-state index in [1.165, 1.54) is 17.0 Å². The summed E-state index contributed by atoms with van der Waals surface area (Å²) < 4.78 is 27.7. The third kappa shape index (κ3) is 3.09. The van der Waals surface area contributed by atoms with Crippen LogP contribution in [0.5, 0.6) is 0 Å². The lowest BCUT2D eigenvalue weighted by Gasteiger charge is -2.26. The van der Waals surface area contributed by atoms with E-state index in [0.717, 1.165) is 11.3 Å². The molecule has 5 nitrogen and oxygen atoms in total. The monoisotopic (exact) mass is 384 g/mol. The largest absolute Gasteiger partial charge is 0.315 e. The fraction of sp³-hybridized carbons (Fsp3) is 0.188. The summed E-state index contributed by atoms with van der Waals surface area (Å²) in [4.78, 5) is 13.4. The first-order valence-electron chi connectivity index (χ1n) is 7.16. The van der Waals surface area contributed by atoms with Gasteiger partial charge >= 0.3 is 0 Å². The summed E-state index contributed by atoms with van der Waals surface area (Å²) in [5, 5.41) is 0.411. The van der Waals surface area contributed by atoms with Crippen LogP contribution in [0.4, 0.5) is 11.4 Å². The number of aryl methyl sites for hydroxylation is 1. The van der Waals surface area contributed by atoms with Gasteiger partial charge in [-0.2, -0.15) is 0 Å². The van der Waals surface area contributed by atoms with Gasteiger partial charge in [-0.15, -0.1) is 0 Å². The molecule has 126 valence electrons. The number of anilines is 2. The third-order valence-electron chi connectivity index (χ3n) is 3.90. The maximum atomic E-state index is 12.6. The molecular formula is C16H14Cl2N2O3S. The van der Waals surface area contributed by atoms with Gasteiger partial charge in [-0.05, 0) is 42.3 Å². The Balaban J connectivity index is 1.96. The maximum absolute atomic E-state index is 12.6. The number of benzene rings is 2. The van der Waals surface area contributed by atoms with Crippen LogP contribution in [0.15, 0.2) is 41.3 Å². The smallest absolute Gasteiger partial charge is 0.261 e. The Hall–Kier alpha value is -1.76. The van der Waals surface area contributed by atoms with Crippen molar-refractivity contribution in [2.24, 2.45) is 0 Å². The van der Waals surface area contributed by atoms with Gasteiger partial charge in [0.25, 0.3) is 10.0 Å². The molecule has 0 radical (unpaired) electrons. The zero-order chi connectivity index (χ0) is 17.5. The molecule has 0 saturated carbocycles. The lowest BCUT2D eigenvalue weighted by Crippen LogP contribution is -2.31. The van der Waals surface area contributed by atoms with Crippen molar-refractivity contribution in [3.8, 4) is 0 Å². The number of hydrogen-bond donors (Lipinski definition) is 1. The van der Waals surface area contributed by atoms with Crippen LogP contribution >= 0.6 is 23.2 Å². The minimum absolute atomic E-state index is 0.0157. The summed E-state index contributed by atoms with van der Waals surface area (Å²) >= 11 is 11.9. The van der Waals surface area contributed by atoms with E-state index in [4.69, 9.17) is 23.2 Å². The first-order valence-corrected chi connectivity index (χ1v) is 9.40. The SMILES string of the molecule is CN1C(=O)CCc2cc(S(=O)(=O)Nc3cccc(Cl)c3Cl)ccc21. The number of rotatable bonds is 3. The molecule has 24 heavy (non-hydrogen) atoms. The number of carbonyl (C=O) groups excluding carboxylic acids is 1. The number of carbonyl (C=O) groups is 1. The van der Waals surface area contributed by atoms with Crippen molar-refractivity contribution < 1.29 is 13.2 Å². The van der Waals surface area contributed by atoms with E-state index in [1.54, 1.807) is 31.3 Å². The second kappa shape index (κ2) is 6.27. The summed E-state index contributed by atoms with van der Waals surface area (Å²) in [5.74, 6) is 0.0157. The number of sulfonamides is 1. The summed E-state index contributed by atoms with van der Waals surface area (Å²) in [6, 6.07) is 9.41. The van der Waals surface area contributed by atoms with Crippen LogP contribution in [0.25, 0.3) is 0 Å². The van der Waals surface area contributed by atoms with E-state index in [2.05, 4.69) is 4.72 Å². The Kier molecular flexibility index (Phi) is 4.46. The van der Waals surface area contributed by atoms with Crippen LogP contribution in [0.1, 0.15) is 12.0 Å². The molecule has 1 aliphatic rings. The molecule has 0 unspecified atom stereocenters. The maximum Gasteiger partial charge on any atom is 0.261 e. The first kappa shape index (κ1) is 17.1. The Labute approximate surface area is 150 Å². The highest BCUT2D eigenvalue weighted by molar-refractivity contribution is 7.92. The highest BCUT2D eigenvalue weighted by atomic mass is 35.5. The van der Waals surface area contributed by atoms with Crippen LogP contribution in [-0.4, -0.2) is 21.4 Å². The van der Waals surface area contributed by atoms with Crippen molar-refractivity contribution >= 4 is 50.5 Å². The fourth-order valence-electron chi connectivity index (χ4n) is 2.59. The lowest BCUT2D eigenvalue weighted by molar-refractivity contribution is -0.118. The van der Waals surface area contributed by atoms with Crippen molar-refractivity contribution in [1.29, 1.82) is 0 Å². The van der Waals surface area contributed by atoms with Crippen molar-refractivity contribution in [2.45, 2.75) is 17.7 Å². The topological polar surface area (TPSA) is 66.5 Å². The molecule has 1 heterocycles. The number of nitrogens with one attached hydrogen (secondary N) is 1. The van der Waals surface area contributed by atoms with Gasteiger partial charge in [-0.25, -0.2) is 8.42 Å². The van der Waals surface area contributed by atoms with Crippen molar-refractivity contribution in [3.63, 3.8) is 0 Å². The molecule has 1 aliphatic heterocycles. The molecule has 0 aliphatic carbocycles. The van der Waals surface area contributed by atoms with E-state index in [0.29, 0.717) is 12.8 Å². The standard InChI is InChI=1S/C16H14Cl2N2O3S/c1-20-14-7-6-11(9-10(14)5-8-15(20)21)24(22,23)19-13-4-2-3-12(17)16(13)18/h2-4,6-7,9,19H,5,8H2,1H3. The minimum Gasteiger partial charge on any atom is -0.315 e. The molecule has 0 aromatic heterocycles. The molecule has 0 fully saturated rings. The highest BCUT2D eigenvalue weighted by Gasteiger charge is 2.24. The predicted molar refractivity (Wildman–Crippen MR) is 95.4 cm³/mol. The van der Waals surface area contributed by atoms with Crippen molar-refractivity contribution in [3.05, 3.63) is 52.0 Å². The quantitative estimate of drug-likeness (QED) is 0.876. The summed E-state index contributed by atoms with van der Waals surface area (Å²) in [6.45, 7) is 0. The molecule has 0 saturated heterocycles. The molecule has 2 aromatic rings. The van der Waals surface area contributed by atoms with Gasteiger partial charge in [0.15, 0.2) is 0 Å². The molecule has 0 spiro atoms. The van der Waals surface area contributed by atoms with Crippen molar-refractivity contribution in [2.75, 3.05) is 16.7 Å². The van der Waals surface area contributed by atoms with Gasteiger partial charge in [-0.3, -0.25) is 9.52 Å². The molecule has 1 amide bonds. The molecule has 8 heteroatoms. The van der Waals surface area contributed by atoms with E-state index >= 15 is 0 Å². The third-order valence-corrected chi connectivity index (χ3v) is 6.08. The van der Waals surface area contributed by atoms with E-state index in [9.17, 15) is 13.2 Å². The summed E-state index contributed by atoms with van der Waals surface area (Å²) in [7, 11) is -2.13. The number of fused-ring (bicyclic) bond motifs is 1. The second-order valence-corrected chi connectivity index (χ2v) is 7.92. The van der Waals surface area contributed by atoms with Gasteiger partial charge in [0.1, 0.15) is 0 Å². The Morgan fingerprint density at radius 3 is 2.62 bits per heavy atom. The summed E-state index contributed by atoms with van der Waals surface area (Å²) in [5.41, 5.74) is 1.76. The molecule has 3 rings (SSSR count). The number of amides is 1. The van der Waals surface area contributed by atoms with E-state index < -0.39 is 10.0 Å². The summed E-state index contributed by atoms with van der Waals surface area (Å²) in [6.07, 6.45) is 0.875. The first-order chi connectivity index (χ1) is 11.3. The molecule has 1 N–H and O–H groups in total. The van der Waals surface area contributed by atoms with Crippen LogP contribution in [0.2, 0.25) is 10.0 Å². The van der Waals surface area contributed by atoms with Crippen molar-refractivity contribution in [1.82, 2.24) is 0 Å². The average molecular weight is 385 g/mol. The molecule has 2 aromatic carbocycles. The molecule has 0 bridgehead atoms. The van der Waals surface area contributed by atoms with Gasteiger partial charge in [-0.1, -0.05) is 29.3 Å². The van der Waals surface area contributed by atoms with Crippen LogP contribution < -0.4 is 9.62 Å². The number of halogens is 2. The zero-order valence-electron chi connectivity index (χ0n) is 12.7. The Bertz CT molecular complexity index is 929. The number of hydrogen-bond acceptors (Lipinski definition) is 3. The Morgan fingerprint density at radius 2 is 1.88 bits per heavy atom. The normalized spacial score (nSPS) is 14.5. The zero-order valence-corrected chi connectivity index (χ0v) is 15.0. The molecule has 0 atom stereocenters. The van der Waals surface area contributed by atoms with E-state index in [-0.39, 0.29) is 26.5 Å². The average Bonchev–Trinajstić information content (AvgIpc) is 2.55.